The van der Waals surface area contributed by atoms with Gasteiger partial charge in [-0.1, -0.05) is 23.9 Å². The second kappa shape index (κ2) is 4.04. The molecule has 0 aromatic heterocycles. The van der Waals surface area contributed by atoms with E-state index in [2.05, 4.69) is 30.8 Å². The number of nitrogens with two attached hydrogens (primary N) is 1. The van der Waals surface area contributed by atoms with Crippen molar-refractivity contribution in [2.75, 3.05) is 6.61 Å². The molecule has 1 aromatic rings. The average molecular weight is 225 g/mol. The molecule has 1 aromatic carbocycles. The van der Waals surface area contributed by atoms with Crippen LogP contribution < -0.4 is 10.6 Å². The minimum Gasteiger partial charge on any atom is -0.475 e. The Morgan fingerprint density at radius 3 is 3.00 bits per heavy atom. The fourth-order valence-electron chi connectivity index (χ4n) is 1.65. The van der Waals surface area contributed by atoms with Crippen LogP contribution in [0.4, 0.5) is 0 Å². The first-order valence-electron chi connectivity index (χ1n) is 4.94. The van der Waals surface area contributed by atoms with Crippen molar-refractivity contribution in [3.63, 3.8) is 0 Å². The molecule has 0 saturated heterocycles. The molecule has 0 bridgehead atoms. The highest BCUT2D eigenvalue weighted by Crippen LogP contribution is 2.48. The van der Waals surface area contributed by atoms with Crippen molar-refractivity contribution in [2.24, 2.45) is 5.90 Å². The van der Waals surface area contributed by atoms with E-state index >= 15 is 0 Å². The van der Waals surface area contributed by atoms with Crippen molar-refractivity contribution < 1.29 is 9.57 Å². The third-order valence-electron chi connectivity index (χ3n) is 2.25. The quantitative estimate of drug-likeness (QED) is 0.802. The summed E-state index contributed by atoms with van der Waals surface area (Å²) in [6.45, 7) is 4.66. The summed E-state index contributed by atoms with van der Waals surface area (Å²) in [6, 6.07) is 6.18. The van der Waals surface area contributed by atoms with Gasteiger partial charge in [-0.05, 0) is 25.5 Å². The summed E-state index contributed by atoms with van der Waals surface area (Å²) >= 11 is 1.75. The molecule has 0 atom stereocenters. The summed E-state index contributed by atoms with van der Waals surface area (Å²) in [4.78, 5) is 5.63. The van der Waals surface area contributed by atoms with Crippen LogP contribution in [0.2, 0.25) is 0 Å². The second-order valence-electron chi connectivity index (χ2n) is 3.97. The van der Waals surface area contributed by atoms with Gasteiger partial charge in [0.1, 0.15) is 5.75 Å². The molecular weight excluding hydrogens is 210 g/mol. The first-order chi connectivity index (χ1) is 7.12. The summed E-state index contributed by atoms with van der Waals surface area (Å²) in [5.41, 5.74) is 1.16. The molecule has 0 spiro atoms. The van der Waals surface area contributed by atoms with Crippen LogP contribution in [0.3, 0.4) is 0 Å². The van der Waals surface area contributed by atoms with E-state index in [-0.39, 0.29) is 4.93 Å². The Morgan fingerprint density at radius 1 is 1.47 bits per heavy atom. The molecule has 3 nitrogen and oxygen atoms in total. The molecule has 82 valence electrons. The van der Waals surface area contributed by atoms with E-state index in [1.807, 2.05) is 6.07 Å². The number of thioether (sulfide) groups is 1. The van der Waals surface area contributed by atoms with Gasteiger partial charge in [0, 0.05) is 6.42 Å². The zero-order valence-electron chi connectivity index (χ0n) is 8.95. The first kappa shape index (κ1) is 10.8. The van der Waals surface area contributed by atoms with Crippen LogP contribution in [-0.4, -0.2) is 11.5 Å². The summed E-state index contributed by atoms with van der Waals surface area (Å²) in [5, 5.41) is 0. The lowest BCUT2D eigenvalue weighted by molar-refractivity contribution is 0.139. The lowest BCUT2D eigenvalue weighted by atomic mass is 10.1. The van der Waals surface area contributed by atoms with Crippen molar-refractivity contribution in [1.82, 2.24) is 0 Å². The molecule has 15 heavy (non-hydrogen) atoms. The van der Waals surface area contributed by atoms with Crippen molar-refractivity contribution >= 4 is 11.8 Å². The van der Waals surface area contributed by atoms with Gasteiger partial charge in [0.05, 0.1) is 11.5 Å². The summed E-state index contributed by atoms with van der Waals surface area (Å²) in [5.74, 6) is 6.02. The van der Waals surface area contributed by atoms with Crippen LogP contribution in [0.15, 0.2) is 23.1 Å². The SMILES string of the molecule is CC1(C)Oc2c(CCON)cccc2S1. The fourth-order valence-corrected chi connectivity index (χ4v) is 2.72. The molecule has 0 saturated carbocycles. The molecule has 0 aliphatic carbocycles. The molecule has 0 fully saturated rings. The van der Waals surface area contributed by atoms with E-state index in [1.54, 1.807) is 11.8 Å². The minimum absolute atomic E-state index is 0.165. The normalized spacial score (nSPS) is 17.3. The Morgan fingerprint density at radius 2 is 2.27 bits per heavy atom. The number of rotatable bonds is 3. The highest BCUT2D eigenvalue weighted by Gasteiger charge is 2.32. The van der Waals surface area contributed by atoms with Crippen molar-refractivity contribution in [1.29, 1.82) is 0 Å². The van der Waals surface area contributed by atoms with E-state index in [4.69, 9.17) is 10.6 Å². The molecule has 0 radical (unpaired) electrons. The monoisotopic (exact) mass is 225 g/mol. The molecule has 1 aliphatic rings. The molecule has 0 unspecified atom stereocenters. The maximum atomic E-state index is 5.89. The molecule has 0 amide bonds. The predicted molar refractivity (Wildman–Crippen MR) is 60.8 cm³/mol. The number of para-hydroxylation sites is 1. The van der Waals surface area contributed by atoms with Crippen LogP contribution in [0.5, 0.6) is 5.75 Å². The highest BCUT2D eigenvalue weighted by molar-refractivity contribution is 8.00. The van der Waals surface area contributed by atoms with E-state index in [9.17, 15) is 0 Å². The van der Waals surface area contributed by atoms with Gasteiger partial charge in [0.25, 0.3) is 0 Å². The standard InChI is InChI=1S/C11H15NO2S/c1-11(2)14-10-8(6-7-13-12)4-3-5-9(10)15-11/h3-5H,6-7,12H2,1-2H3. The Kier molecular flexibility index (Phi) is 2.91. The smallest absolute Gasteiger partial charge is 0.153 e. The Labute approximate surface area is 93.9 Å². The van der Waals surface area contributed by atoms with Crippen LogP contribution in [0.25, 0.3) is 0 Å². The third kappa shape index (κ3) is 2.27. The van der Waals surface area contributed by atoms with E-state index < -0.39 is 0 Å². The van der Waals surface area contributed by atoms with Gasteiger partial charge in [-0.25, -0.2) is 5.90 Å². The topological polar surface area (TPSA) is 44.5 Å². The number of fused-ring (bicyclic) bond motifs is 1. The number of ether oxygens (including phenoxy) is 1. The summed E-state index contributed by atoms with van der Waals surface area (Å²) in [6.07, 6.45) is 0.788. The zero-order valence-corrected chi connectivity index (χ0v) is 9.76. The molecular formula is C11H15NO2S. The number of hydrogen-bond donors (Lipinski definition) is 1. The maximum absolute atomic E-state index is 5.89. The van der Waals surface area contributed by atoms with Crippen molar-refractivity contribution in [2.45, 2.75) is 30.1 Å². The molecule has 1 heterocycles. The molecule has 4 heteroatoms. The van der Waals surface area contributed by atoms with Gasteiger partial charge in [-0.2, -0.15) is 0 Å². The highest BCUT2D eigenvalue weighted by atomic mass is 32.2. The predicted octanol–water partition coefficient (Wildman–Crippen LogP) is 2.34. The van der Waals surface area contributed by atoms with E-state index in [0.717, 1.165) is 17.7 Å². The largest absolute Gasteiger partial charge is 0.475 e. The zero-order chi connectivity index (χ0) is 10.9. The van der Waals surface area contributed by atoms with E-state index in [1.165, 1.54) is 4.90 Å². The maximum Gasteiger partial charge on any atom is 0.153 e. The average Bonchev–Trinajstić information content (AvgIpc) is 2.49. The summed E-state index contributed by atoms with van der Waals surface area (Å²) in [7, 11) is 0. The number of hydrogen-bond acceptors (Lipinski definition) is 4. The van der Waals surface area contributed by atoms with Crippen LogP contribution in [-0.2, 0) is 11.3 Å². The molecule has 2 N–H and O–H groups in total. The first-order valence-corrected chi connectivity index (χ1v) is 5.75. The van der Waals surface area contributed by atoms with Gasteiger partial charge >= 0.3 is 0 Å². The van der Waals surface area contributed by atoms with Crippen LogP contribution in [0.1, 0.15) is 19.4 Å². The van der Waals surface area contributed by atoms with E-state index in [0.29, 0.717) is 6.61 Å². The van der Waals surface area contributed by atoms with Crippen molar-refractivity contribution in [3.8, 4) is 5.75 Å². The lowest BCUT2D eigenvalue weighted by Gasteiger charge is -2.16. The second-order valence-corrected chi connectivity index (χ2v) is 5.60. The minimum atomic E-state index is -0.165. The Balaban J connectivity index is 2.25. The van der Waals surface area contributed by atoms with Crippen LogP contribution >= 0.6 is 11.8 Å². The number of benzene rings is 1. The third-order valence-corrected chi connectivity index (χ3v) is 3.37. The Bertz CT molecular complexity index is 366. The van der Waals surface area contributed by atoms with Crippen LogP contribution in [0, 0.1) is 0 Å². The lowest BCUT2D eigenvalue weighted by Crippen LogP contribution is -2.18. The van der Waals surface area contributed by atoms with Gasteiger partial charge < -0.3 is 9.57 Å². The molecule has 2 rings (SSSR count). The van der Waals surface area contributed by atoms with Gasteiger partial charge in [-0.3, -0.25) is 0 Å². The summed E-state index contributed by atoms with van der Waals surface area (Å²) < 4.78 is 5.89. The Hall–Kier alpha value is -0.710. The fraction of sp³-hybridized carbons (Fsp3) is 0.455. The van der Waals surface area contributed by atoms with Gasteiger partial charge in [-0.15, -0.1) is 0 Å². The van der Waals surface area contributed by atoms with Gasteiger partial charge in [0.2, 0.25) is 0 Å². The van der Waals surface area contributed by atoms with Crippen molar-refractivity contribution in [3.05, 3.63) is 23.8 Å². The molecule has 1 aliphatic heterocycles. The van der Waals surface area contributed by atoms with Gasteiger partial charge in [0.15, 0.2) is 4.93 Å².